The first-order valence-corrected chi connectivity index (χ1v) is 9.62. The highest BCUT2D eigenvalue weighted by Crippen LogP contribution is 2.64. The van der Waals surface area contributed by atoms with Gasteiger partial charge in [0, 0.05) is 16.0 Å². The third kappa shape index (κ3) is 2.33. The molecule has 4 atom stereocenters. The van der Waals surface area contributed by atoms with Gasteiger partial charge in [0.2, 0.25) is 0 Å². The SMILES string of the molecule is CNCCCC1C(C)c2cccc(Cl)c2C2c3c(Cl)cccc3C21. The Morgan fingerprint density at radius 3 is 2.25 bits per heavy atom. The third-order valence-electron chi connectivity index (χ3n) is 6.07. The number of fused-ring (bicyclic) bond motifs is 6. The summed E-state index contributed by atoms with van der Waals surface area (Å²) in [5.74, 6) is 2.11. The number of halogens is 2. The molecule has 1 N–H and O–H groups in total. The lowest BCUT2D eigenvalue weighted by molar-refractivity contribution is 0.263. The third-order valence-corrected chi connectivity index (χ3v) is 6.73. The van der Waals surface area contributed by atoms with Crippen molar-refractivity contribution in [1.82, 2.24) is 5.32 Å². The van der Waals surface area contributed by atoms with Gasteiger partial charge in [0.05, 0.1) is 0 Å². The first-order valence-electron chi connectivity index (χ1n) is 8.86. The maximum Gasteiger partial charge on any atom is 0.0447 e. The largest absolute Gasteiger partial charge is 0.320 e. The summed E-state index contributed by atoms with van der Waals surface area (Å²) >= 11 is 13.2. The summed E-state index contributed by atoms with van der Waals surface area (Å²) in [5, 5.41) is 5.07. The van der Waals surface area contributed by atoms with Gasteiger partial charge in [0.15, 0.2) is 0 Å². The Bertz CT molecular complexity index is 770. The average molecular weight is 360 g/mol. The fourth-order valence-electron chi connectivity index (χ4n) is 5.00. The summed E-state index contributed by atoms with van der Waals surface area (Å²) in [4.78, 5) is 0. The lowest BCUT2D eigenvalue weighted by Crippen LogP contribution is -2.39. The van der Waals surface area contributed by atoms with Crippen LogP contribution in [0.25, 0.3) is 0 Å². The molecule has 24 heavy (non-hydrogen) atoms. The molecule has 1 nitrogen and oxygen atoms in total. The lowest BCUT2D eigenvalue weighted by atomic mass is 9.52. The fourth-order valence-corrected chi connectivity index (χ4v) is 5.60. The molecule has 0 bridgehead atoms. The van der Waals surface area contributed by atoms with Crippen molar-refractivity contribution in [1.29, 1.82) is 0 Å². The monoisotopic (exact) mass is 359 g/mol. The molecular weight excluding hydrogens is 337 g/mol. The average Bonchev–Trinajstić information content (AvgIpc) is 2.55. The standard InChI is InChI=1S/C21H23Cl2N/c1-12-13(8-5-11-24-2)18-15-7-4-10-17(23)20(15)21(18)19-14(12)6-3-9-16(19)22/h3-4,6-7,9-10,12-13,18,21,24H,5,8,11H2,1-2H3. The van der Waals surface area contributed by atoms with Crippen LogP contribution in [-0.4, -0.2) is 13.6 Å². The van der Waals surface area contributed by atoms with E-state index in [1.807, 2.05) is 19.2 Å². The van der Waals surface area contributed by atoms with Gasteiger partial charge in [-0.3, -0.25) is 0 Å². The van der Waals surface area contributed by atoms with E-state index in [4.69, 9.17) is 23.2 Å². The van der Waals surface area contributed by atoms with Gasteiger partial charge >= 0.3 is 0 Å². The minimum absolute atomic E-state index is 0.369. The Hall–Kier alpha value is -1.02. The van der Waals surface area contributed by atoms with E-state index >= 15 is 0 Å². The summed E-state index contributed by atoms with van der Waals surface area (Å²) in [6.07, 6.45) is 2.45. The second-order valence-electron chi connectivity index (χ2n) is 7.19. The van der Waals surface area contributed by atoms with E-state index in [0.717, 1.165) is 16.6 Å². The van der Waals surface area contributed by atoms with E-state index in [9.17, 15) is 0 Å². The summed E-state index contributed by atoms with van der Waals surface area (Å²) in [6.45, 7) is 3.45. The van der Waals surface area contributed by atoms with Gasteiger partial charge in [-0.05, 0) is 78.6 Å². The molecular formula is C21H23Cl2N. The predicted molar refractivity (Wildman–Crippen MR) is 103 cm³/mol. The van der Waals surface area contributed by atoms with Crippen LogP contribution >= 0.6 is 23.2 Å². The molecule has 0 spiro atoms. The van der Waals surface area contributed by atoms with Gasteiger partial charge in [-0.25, -0.2) is 0 Å². The van der Waals surface area contributed by atoms with Crippen molar-refractivity contribution in [2.24, 2.45) is 5.92 Å². The van der Waals surface area contributed by atoms with Crippen molar-refractivity contribution < 1.29 is 0 Å². The second-order valence-corrected chi connectivity index (χ2v) is 8.00. The Kier molecular flexibility index (Phi) is 4.36. The highest BCUT2D eigenvalue weighted by atomic mass is 35.5. The van der Waals surface area contributed by atoms with Gasteiger partial charge in [0.1, 0.15) is 0 Å². The summed E-state index contributed by atoms with van der Waals surface area (Å²) in [6, 6.07) is 12.8. The molecule has 2 aliphatic rings. The van der Waals surface area contributed by atoms with Crippen LogP contribution in [0.1, 0.15) is 59.8 Å². The number of rotatable bonds is 4. The van der Waals surface area contributed by atoms with Crippen LogP contribution < -0.4 is 5.32 Å². The summed E-state index contributed by atoms with van der Waals surface area (Å²) in [5.41, 5.74) is 5.49. The van der Waals surface area contributed by atoms with E-state index in [1.165, 1.54) is 35.1 Å². The molecule has 0 fully saturated rings. The van der Waals surface area contributed by atoms with Crippen molar-refractivity contribution in [3.05, 3.63) is 68.7 Å². The van der Waals surface area contributed by atoms with Crippen molar-refractivity contribution in [2.75, 3.05) is 13.6 Å². The summed E-state index contributed by atoms with van der Waals surface area (Å²) in [7, 11) is 2.03. The second kappa shape index (κ2) is 6.37. The van der Waals surface area contributed by atoms with Crippen molar-refractivity contribution >= 4 is 23.2 Å². The van der Waals surface area contributed by atoms with Crippen LogP contribution in [0.4, 0.5) is 0 Å². The molecule has 0 saturated heterocycles. The minimum atomic E-state index is 0.369. The molecule has 2 aliphatic carbocycles. The van der Waals surface area contributed by atoms with Gasteiger partial charge in [-0.1, -0.05) is 54.4 Å². The van der Waals surface area contributed by atoms with E-state index in [2.05, 4.69) is 36.5 Å². The highest BCUT2D eigenvalue weighted by molar-refractivity contribution is 6.32. The molecule has 0 amide bonds. The molecule has 0 saturated carbocycles. The van der Waals surface area contributed by atoms with Crippen LogP contribution in [-0.2, 0) is 0 Å². The van der Waals surface area contributed by atoms with Crippen molar-refractivity contribution in [2.45, 2.75) is 37.5 Å². The molecule has 0 heterocycles. The van der Waals surface area contributed by atoms with Crippen LogP contribution in [0, 0.1) is 5.92 Å². The number of hydrogen-bond donors (Lipinski definition) is 1. The minimum Gasteiger partial charge on any atom is -0.320 e. The zero-order valence-corrected chi connectivity index (χ0v) is 15.7. The van der Waals surface area contributed by atoms with Gasteiger partial charge < -0.3 is 5.32 Å². The Morgan fingerprint density at radius 1 is 0.958 bits per heavy atom. The lowest BCUT2D eigenvalue weighted by Gasteiger charge is -2.52. The van der Waals surface area contributed by atoms with Gasteiger partial charge in [-0.2, -0.15) is 0 Å². The topological polar surface area (TPSA) is 12.0 Å². The summed E-state index contributed by atoms with van der Waals surface area (Å²) < 4.78 is 0. The van der Waals surface area contributed by atoms with E-state index in [-0.39, 0.29) is 0 Å². The first-order chi connectivity index (χ1) is 11.6. The number of nitrogens with one attached hydrogen (secondary N) is 1. The van der Waals surface area contributed by atoms with Crippen LogP contribution in [0.3, 0.4) is 0 Å². The van der Waals surface area contributed by atoms with E-state index in [1.54, 1.807) is 0 Å². The molecule has 4 rings (SSSR count). The molecule has 0 aliphatic heterocycles. The fraction of sp³-hybridized carbons (Fsp3) is 0.429. The number of benzene rings is 2. The molecule has 2 aromatic rings. The predicted octanol–water partition coefficient (Wildman–Crippen LogP) is 5.96. The maximum absolute atomic E-state index is 6.64. The molecule has 3 heteroatoms. The zero-order valence-electron chi connectivity index (χ0n) is 14.2. The Morgan fingerprint density at radius 2 is 1.58 bits per heavy atom. The Balaban J connectivity index is 1.83. The van der Waals surface area contributed by atoms with E-state index < -0.39 is 0 Å². The molecule has 0 radical (unpaired) electrons. The molecule has 2 aromatic carbocycles. The number of hydrogen-bond acceptors (Lipinski definition) is 1. The highest BCUT2D eigenvalue weighted by Gasteiger charge is 2.50. The molecule has 0 aromatic heterocycles. The molecule has 4 unspecified atom stereocenters. The quantitative estimate of drug-likeness (QED) is 0.664. The first kappa shape index (κ1) is 16.4. The zero-order chi connectivity index (χ0) is 16.8. The van der Waals surface area contributed by atoms with Gasteiger partial charge in [0.25, 0.3) is 0 Å². The van der Waals surface area contributed by atoms with Crippen LogP contribution in [0.2, 0.25) is 10.0 Å². The maximum atomic E-state index is 6.64. The Labute approximate surface area is 154 Å². The van der Waals surface area contributed by atoms with Crippen molar-refractivity contribution in [3.8, 4) is 0 Å². The van der Waals surface area contributed by atoms with E-state index in [0.29, 0.717) is 23.7 Å². The van der Waals surface area contributed by atoms with Crippen molar-refractivity contribution in [3.63, 3.8) is 0 Å². The van der Waals surface area contributed by atoms with Gasteiger partial charge in [-0.15, -0.1) is 0 Å². The van der Waals surface area contributed by atoms with Crippen LogP contribution in [0.15, 0.2) is 36.4 Å². The normalized spacial score (nSPS) is 27.0. The molecule has 126 valence electrons. The van der Waals surface area contributed by atoms with Crippen LogP contribution in [0.5, 0.6) is 0 Å². The smallest absolute Gasteiger partial charge is 0.0447 e.